The number of nitrogens with zero attached hydrogens (tertiary/aromatic N) is 6. The van der Waals surface area contributed by atoms with Crippen molar-refractivity contribution in [3.8, 4) is 12.1 Å². The van der Waals surface area contributed by atoms with Gasteiger partial charge in [-0.25, -0.2) is 24.8 Å². The van der Waals surface area contributed by atoms with Gasteiger partial charge in [0, 0.05) is 56.9 Å². The van der Waals surface area contributed by atoms with E-state index in [2.05, 4.69) is 12.1 Å². The Balaban J connectivity index is 0.000000178. The number of thioether (sulfide) groups is 2. The summed E-state index contributed by atoms with van der Waals surface area (Å²) in [5.41, 5.74) is 8.36. The van der Waals surface area contributed by atoms with E-state index >= 15 is 0 Å². The minimum absolute atomic E-state index is 0.205. The van der Waals surface area contributed by atoms with E-state index in [1.165, 1.54) is 31.5 Å². The summed E-state index contributed by atoms with van der Waals surface area (Å²) in [6, 6.07) is 35.8. The lowest BCUT2D eigenvalue weighted by atomic mass is 9.85. The van der Waals surface area contributed by atoms with Crippen molar-refractivity contribution >= 4 is 88.2 Å². The smallest absolute Gasteiger partial charge is 0.268 e. The van der Waals surface area contributed by atoms with Crippen molar-refractivity contribution in [2.75, 3.05) is 12.5 Å². The summed E-state index contributed by atoms with van der Waals surface area (Å²) in [6.07, 6.45) is 7.83. The molecule has 0 spiro atoms. The second-order valence-corrected chi connectivity index (χ2v) is 23.8. The Morgan fingerprint density at radius 3 is 1.42 bits per heavy atom. The highest BCUT2D eigenvalue weighted by Crippen LogP contribution is 2.45. The molecule has 0 radical (unpaired) electrons. The number of aryl methyl sites for hydroxylation is 4. The van der Waals surface area contributed by atoms with Gasteiger partial charge in [0.25, 0.3) is 20.0 Å². The van der Waals surface area contributed by atoms with E-state index in [0.29, 0.717) is 74.0 Å². The van der Waals surface area contributed by atoms with Crippen LogP contribution in [0.3, 0.4) is 0 Å². The van der Waals surface area contributed by atoms with Gasteiger partial charge in [0.1, 0.15) is 11.2 Å². The number of aliphatic imine (C=N–C) groups is 2. The molecule has 2 aromatic heterocycles. The van der Waals surface area contributed by atoms with Crippen molar-refractivity contribution in [2.45, 2.75) is 85.2 Å². The van der Waals surface area contributed by atoms with E-state index in [4.69, 9.17) is 9.98 Å². The van der Waals surface area contributed by atoms with Crippen LogP contribution in [-0.4, -0.2) is 58.9 Å². The average molecular weight is 1030 g/mol. The SMILES string of the molecule is CSc1cc(C)c2c(ccn2S(=O)(=O)c2ccc(C)cc2)c1C(C)(O)C1=Nc2cc(C#N)ccc2C1.CSc1cc(C)c2c(ccn2S(=O)(=O)c2ccc(C)cc2)c1C(C)(O)C1=Nc2ccc(C#N)cc2C1. The van der Waals surface area contributed by atoms with Crippen LogP contribution in [0.5, 0.6) is 0 Å². The first kappa shape index (κ1) is 50.2. The molecule has 2 aliphatic heterocycles. The van der Waals surface area contributed by atoms with E-state index < -0.39 is 31.2 Å². The molecule has 0 amide bonds. The van der Waals surface area contributed by atoms with Gasteiger partial charge in [-0.1, -0.05) is 41.5 Å². The molecule has 364 valence electrons. The van der Waals surface area contributed by atoms with Gasteiger partial charge in [0.05, 0.1) is 66.9 Å². The second-order valence-electron chi connectivity index (χ2n) is 18.5. The number of rotatable bonds is 10. The van der Waals surface area contributed by atoms with Gasteiger partial charge in [-0.3, -0.25) is 9.98 Å². The fourth-order valence-electron chi connectivity index (χ4n) is 9.69. The van der Waals surface area contributed by atoms with Crippen molar-refractivity contribution in [1.29, 1.82) is 10.5 Å². The minimum Gasteiger partial charge on any atom is -0.379 e. The van der Waals surface area contributed by atoms with Crippen LogP contribution in [0.25, 0.3) is 21.8 Å². The Hall–Kier alpha value is -6.76. The molecule has 0 bridgehead atoms. The number of nitriles is 2. The average Bonchev–Trinajstić information content (AvgIpc) is 4.19. The summed E-state index contributed by atoms with van der Waals surface area (Å²) in [4.78, 5) is 11.5. The molecule has 0 saturated heterocycles. The maximum absolute atomic E-state index is 13.6. The molecule has 2 aliphatic rings. The van der Waals surface area contributed by atoms with Gasteiger partial charge in [-0.05, 0) is 155 Å². The van der Waals surface area contributed by atoms with Crippen molar-refractivity contribution in [1.82, 2.24) is 7.94 Å². The highest BCUT2D eigenvalue weighted by molar-refractivity contribution is 7.99. The molecule has 72 heavy (non-hydrogen) atoms. The van der Waals surface area contributed by atoms with Crippen molar-refractivity contribution in [3.63, 3.8) is 0 Å². The van der Waals surface area contributed by atoms with Gasteiger partial charge in [0.15, 0.2) is 0 Å². The maximum Gasteiger partial charge on any atom is 0.268 e. The third-order valence-corrected chi connectivity index (χ3v) is 18.4. The predicted molar refractivity (Wildman–Crippen MR) is 287 cm³/mol. The van der Waals surface area contributed by atoms with E-state index in [0.717, 1.165) is 48.9 Å². The third kappa shape index (κ3) is 8.55. The monoisotopic (exact) mass is 1030 g/mol. The molecular formula is C56H50N6O6S4. The Morgan fingerprint density at radius 1 is 0.556 bits per heavy atom. The fourth-order valence-corrected chi connectivity index (χ4v) is 14.1. The topological polar surface area (TPSA) is 191 Å². The molecule has 2 atom stereocenters. The van der Waals surface area contributed by atoms with Crippen LogP contribution in [0.2, 0.25) is 0 Å². The van der Waals surface area contributed by atoms with Crippen molar-refractivity contribution in [3.05, 3.63) is 177 Å². The normalized spacial score (nSPS) is 14.8. The first-order valence-electron chi connectivity index (χ1n) is 22.8. The molecule has 2 N–H and O–H groups in total. The molecule has 8 aromatic rings. The zero-order valence-corrected chi connectivity index (χ0v) is 44.1. The highest BCUT2D eigenvalue weighted by Gasteiger charge is 2.40. The number of benzene rings is 6. The van der Waals surface area contributed by atoms with Crippen molar-refractivity contribution < 1.29 is 27.0 Å². The predicted octanol–water partition coefficient (Wildman–Crippen LogP) is 11.3. The Bertz CT molecular complexity index is 3930. The largest absolute Gasteiger partial charge is 0.379 e. The maximum atomic E-state index is 13.6. The lowest BCUT2D eigenvalue weighted by molar-refractivity contribution is 0.130. The first-order chi connectivity index (χ1) is 34.1. The quantitative estimate of drug-likeness (QED) is 0.125. The standard InChI is InChI=1S/2C28H25N3O3S2/c1-17-5-9-21(10-6-17)36(33,34)31-12-11-22-26(24(35-4)13-18(2)27(22)31)28(3,32)25-15-20-8-7-19(16-29)14-23(20)30-25;1-17-5-8-21(9-6-17)36(33,34)31-12-11-22-26(24(35-4)13-18(2)27(22)31)28(3,32)25-15-20-14-19(16-29)7-10-23(20)30-25/h2*5-14,32H,15H2,1-4H3. The highest BCUT2D eigenvalue weighted by atomic mass is 32.2. The Labute approximate surface area is 428 Å². The molecular weight excluding hydrogens is 981 g/mol. The number of hydrogen-bond acceptors (Lipinski definition) is 12. The number of hydrogen-bond donors (Lipinski definition) is 2. The van der Waals surface area contributed by atoms with Crippen LogP contribution >= 0.6 is 23.5 Å². The summed E-state index contributed by atoms with van der Waals surface area (Å²) in [6.45, 7) is 11.0. The van der Waals surface area contributed by atoms with Crippen LogP contribution in [-0.2, 0) is 44.1 Å². The van der Waals surface area contributed by atoms with Crippen LogP contribution in [0.4, 0.5) is 11.4 Å². The second kappa shape index (κ2) is 18.7. The van der Waals surface area contributed by atoms with Crippen LogP contribution in [0, 0.1) is 50.4 Å². The van der Waals surface area contributed by atoms with E-state index in [1.807, 2.05) is 58.4 Å². The molecule has 16 heteroatoms. The lowest BCUT2D eigenvalue weighted by Crippen LogP contribution is -2.33. The summed E-state index contributed by atoms with van der Waals surface area (Å²) in [5.74, 6) is 0. The summed E-state index contributed by atoms with van der Waals surface area (Å²) in [5, 5.41) is 43.8. The van der Waals surface area contributed by atoms with Crippen LogP contribution in [0.15, 0.2) is 151 Å². The molecule has 10 rings (SSSR count). The summed E-state index contributed by atoms with van der Waals surface area (Å²) >= 11 is 3.00. The number of fused-ring (bicyclic) bond motifs is 4. The Kier molecular flexibility index (Phi) is 13.0. The van der Waals surface area contributed by atoms with E-state index in [9.17, 15) is 37.6 Å². The summed E-state index contributed by atoms with van der Waals surface area (Å²) in [7, 11) is -7.69. The number of aromatic nitrogens is 2. The van der Waals surface area contributed by atoms with Gasteiger partial charge in [0.2, 0.25) is 0 Å². The zero-order chi connectivity index (χ0) is 51.7. The molecule has 0 fully saturated rings. The minimum atomic E-state index is -3.85. The molecule has 12 nitrogen and oxygen atoms in total. The molecule has 6 aromatic carbocycles. The fraction of sp³-hybridized carbons (Fsp3) is 0.214. The van der Waals surface area contributed by atoms with Gasteiger partial charge < -0.3 is 10.2 Å². The van der Waals surface area contributed by atoms with E-state index in [-0.39, 0.29) is 9.79 Å². The lowest BCUT2D eigenvalue weighted by Gasteiger charge is -2.28. The van der Waals surface area contributed by atoms with Gasteiger partial charge in [-0.2, -0.15) is 10.5 Å². The van der Waals surface area contributed by atoms with Crippen molar-refractivity contribution in [2.24, 2.45) is 9.98 Å². The molecule has 0 saturated carbocycles. The molecule has 0 aliphatic carbocycles. The summed E-state index contributed by atoms with van der Waals surface area (Å²) < 4.78 is 57.0. The molecule has 2 unspecified atom stereocenters. The zero-order valence-electron chi connectivity index (χ0n) is 40.8. The first-order valence-corrected chi connectivity index (χ1v) is 28.2. The third-order valence-electron chi connectivity index (χ3n) is 13.5. The number of aliphatic hydroxyl groups is 2. The Morgan fingerprint density at radius 2 is 0.972 bits per heavy atom. The van der Waals surface area contributed by atoms with Crippen LogP contribution in [0.1, 0.15) is 69.5 Å². The van der Waals surface area contributed by atoms with E-state index in [1.54, 1.807) is 117 Å². The van der Waals surface area contributed by atoms with Gasteiger partial charge >= 0.3 is 0 Å². The van der Waals surface area contributed by atoms with Crippen LogP contribution < -0.4 is 0 Å². The van der Waals surface area contributed by atoms with Gasteiger partial charge in [-0.15, -0.1) is 23.5 Å². The molecule has 4 heterocycles.